The molecule has 6 heteroatoms. The molecule has 1 aromatic carbocycles. The molecule has 0 aliphatic rings. The molecule has 0 bridgehead atoms. The van der Waals surface area contributed by atoms with E-state index in [1.54, 1.807) is 19.2 Å². The maximum atomic E-state index is 10.4. The molecule has 0 aliphatic heterocycles. The molecule has 17 heavy (non-hydrogen) atoms. The van der Waals surface area contributed by atoms with Crippen LogP contribution in [0.15, 0.2) is 24.3 Å². The lowest BCUT2D eigenvalue weighted by Gasteiger charge is -2.06. The van der Waals surface area contributed by atoms with Gasteiger partial charge in [0.05, 0.1) is 11.5 Å². The molecule has 0 saturated carbocycles. The number of nitro groups is 1. The van der Waals surface area contributed by atoms with Crippen LogP contribution in [0.2, 0.25) is 0 Å². The average Bonchev–Trinajstić information content (AvgIpc) is 2.34. The Bertz CT molecular complexity index is 340. The normalized spacial score (nSPS) is 10.2. The van der Waals surface area contributed by atoms with E-state index in [2.05, 4.69) is 5.32 Å². The standard InChI is InChI=1S/C11H16N2O4/c1-16-8-6-12-7-9-17-11-4-2-10(3-5-11)13(14)15/h2-5,12H,6-9H2,1H3. The highest BCUT2D eigenvalue weighted by Gasteiger charge is 2.03. The van der Waals surface area contributed by atoms with Crippen LogP contribution in [0, 0.1) is 10.1 Å². The fraction of sp³-hybridized carbons (Fsp3) is 0.455. The van der Waals surface area contributed by atoms with Gasteiger partial charge in [0.1, 0.15) is 12.4 Å². The quantitative estimate of drug-likeness (QED) is 0.420. The monoisotopic (exact) mass is 240 g/mol. The van der Waals surface area contributed by atoms with Crippen molar-refractivity contribution in [2.45, 2.75) is 0 Å². The van der Waals surface area contributed by atoms with E-state index in [1.807, 2.05) is 0 Å². The Hall–Kier alpha value is -1.66. The molecule has 0 amide bonds. The second-order valence-electron chi connectivity index (χ2n) is 3.34. The molecular weight excluding hydrogens is 224 g/mol. The fourth-order valence-electron chi connectivity index (χ4n) is 1.20. The van der Waals surface area contributed by atoms with Gasteiger partial charge in [0, 0.05) is 32.3 Å². The molecule has 6 nitrogen and oxygen atoms in total. The summed E-state index contributed by atoms with van der Waals surface area (Å²) >= 11 is 0. The maximum absolute atomic E-state index is 10.4. The number of nitro benzene ring substituents is 1. The topological polar surface area (TPSA) is 73.6 Å². The number of nitrogens with zero attached hydrogens (tertiary/aromatic N) is 1. The van der Waals surface area contributed by atoms with E-state index in [0.717, 1.165) is 6.54 Å². The lowest BCUT2D eigenvalue weighted by atomic mass is 10.3. The summed E-state index contributed by atoms with van der Waals surface area (Å²) in [5.74, 6) is 0.629. The molecule has 1 aromatic rings. The Morgan fingerprint density at radius 1 is 1.24 bits per heavy atom. The first kappa shape index (κ1) is 13.4. The molecule has 0 fully saturated rings. The molecule has 0 aromatic heterocycles. The second-order valence-corrected chi connectivity index (χ2v) is 3.34. The third-order valence-corrected chi connectivity index (χ3v) is 2.08. The first-order valence-corrected chi connectivity index (χ1v) is 5.31. The van der Waals surface area contributed by atoms with Gasteiger partial charge < -0.3 is 14.8 Å². The largest absolute Gasteiger partial charge is 0.492 e. The van der Waals surface area contributed by atoms with Crippen molar-refractivity contribution < 1.29 is 14.4 Å². The Labute approximate surface area is 99.7 Å². The van der Waals surface area contributed by atoms with E-state index in [0.29, 0.717) is 25.5 Å². The van der Waals surface area contributed by atoms with Gasteiger partial charge in [-0.3, -0.25) is 10.1 Å². The zero-order chi connectivity index (χ0) is 12.5. The Morgan fingerprint density at radius 2 is 1.88 bits per heavy atom. The van der Waals surface area contributed by atoms with Gasteiger partial charge in [0.2, 0.25) is 0 Å². The van der Waals surface area contributed by atoms with E-state index in [1.165, 1.54) is 12.1 Å². The van der Waals surface area contributed by atoms with E-state index < -0.39 is 4.92 Å². The first-order chi connectivity index (χ1) is 8.24. The third-order valence-electron chi connectivity index (χ3n) is 2.08. The average molecular weight is 240 g/mol. The number of nitrogens with one attached hydrogen (secondary N) is 1. The minimum absolute atomic E-state index is 0.0653. The molecule has 1 rings (SSSR count). The van der Waals surface area contributed by atoms with Crippen molar-refractivity contribution in [2.75, 3.05) is 33.4 Å². The van der Waals surface area contributed by atoms with Crippen molar-refractivity contribution in [2.24, 2.45) is 0 Å². The lowest BCUT2D eigenvalue weighted by molar-refractivity contribution is -0.384. The summed E-state index contributed by atoms with van der Waals surface area (Å²) < 4.78 is 10.3. The van der Waals surface area contributed by atoms with Gasteiger partial charge in [-0.25, -0.2) is 0 Å². The molecule has 0 unspecified atom stereocenters. The van der Waals surface area contributed by atoms with Crippen LogP contribution in [0.4, 0.5) is 5.69 Å². The van der Waals surface area contributed by atoms with Gasteiger partial charge in [-0.15, -0.1) is 0 Å². The highest BCUT2D eigenvalue weighted by molar-refractivity contribution is 5.35. The number of non-ortho nitro benzene ring substituents is 1. The summed E-state index contributed by atoms with van der Waals surface area (Å²) in [6.07, 6.45) is 0. The predicted octanol–water partition coefficient (Wildman–Crippen LogP) is 1.21. The number of benzene rings is 1. The van der Waals surface area contributed by atoms with Gasteiger partial charge in [-0.05, 0) is 12.1 Å². The minimum atomic E-state index is -0.434. The van der Waals surface area contributed by atoms with Crippen molar-refractivity contribution in [1.29, 1.82) is 0 Å². The van der Waals surface area contributed by atoms with Gasteiger partial charge in [0.25, 0.3) is 5.69 Å². The molecular formula is C11H16N2O4. The molecule has 94 valence electrons. The fourth-order valence-corrected chi connectivity index (χ4v) is 1.20. The van der Waals surface area contributed by atoms with Gasteiger partial charge in [0.15, 0.2) is 0 Å². The molecule has 0 atom stereocenters. The van der Waals surface area contributed by atoms with Crippen LogP contribution in [0.3, 0.4) is 0 Å². The molecule has 0 heterocycles. The minimum Gasteiger partial charge on any atom is -0.492 e. The van der Waals surface area contributed by atoms with Crippen LogP contribution < -0.4 is 10.1 Å². The highest BCUT2D eigenvalue weighted by atomic mass is 16.6. The summed E-state index contributed by atoms with van der Waals surface area (Å²) in [7, 11) is 1.65. The van der Waals surface area contributed by atoms with Crippen molar-refractivity contribution in [3.05, 3.63) is 34.4 Å². The van der Waals surface area contributed by atoms with Gasteiger partial charge >= 0.3 is 0 Å². The number of hydrogen-bond acceptors (Lipinski definition) is 5. The van der Waals surface area contributed by atoms with E-state index in [9.17, 15) is 10.1 Å². The SMILES string of the molecule is COCCNCCOc1ccc([N+](=O)[O-])cc1. The van der Waals surface area contributed by atoms with Crippen LogP contribution in [-0.2, 0) is 4.74 Å². The molecule has 0 saturated heterocycles. The van der Waals surface area contributed by atoms with E-state index in [-0.39, 0.29) is 5.69 Å². The third kappa shape index (κ3) is 5.28. The van der Waals surface area contributed by atoms with Crippen molar-refractivity contribution in [1.82, 2.24) is 5.32 Å². The maximum Gasteiger partial charge on any atom is 0.269 e. The number of methoxy groups -OCH3 is 1. The second kappa shape index (κ2) is 7.59. The van der Waals surface area contributed by atoms with Crippen molar-refractivity contribution in [3.63, 3.8) is 0 Å². The van der Waals surface area contributed by atoms with Crippen LogP contribution in [0.5, 0.6) is 5.75 Å². The summed E-state index contributed by atoms with van der Waals surface area (Å²) in [6.45, 7) is 2.67. The highest BCUT2D eigenvalue weighted by Crippen LogP contribution is 2.16. The lowest BCUT2D eigenvalue weighted by Crippen LogP contribution is -2.24. The number of rotatable bonds is 8. The van der Waals surface area contributed by atoms with Crippen LogP contribution >= 0.6 is 0 Å². The Balaban J connectivity index is 2.21. The first-order valence-electron chi connectivity index (χ1n) is 5.31. The zero-order valence-electron chi connectivity index (χ0n) is 9.72. The number of hydrogen-bond donors (Lipinski definition) is 1. The smallest absolute Gasteiger partial charge is 0.269 e. The van der Waals surface area contributed by atoms with Crippen LogP contribution in [0.1, 0.15) is 0 Å². The summed E-state index contributed by atoms with van der Waals surface area (Å²) in [5.41, 5.74) is 0.0653. The van der Waals surface area contributed by atoms with Crippen LogP contribution in [-0.4, -0.2) is 38.3 Å². The van der Waals surface area contributed by atoms with Crippen molar-refractivity contribution >= 4 is 5.69 Å². The van der Waals surface area contributed by atoms with E-state index in [4.69, 9.17) is 9.47 Å². The van der Waals surface area contributed by atoms with Crippen molar-refractivity contribution in [3.8, 4) is 5.75 Å². The van der Waals surface area contributed by atoms with Gasteiger partial charge in [-0.2, -0.15) is 0 Å². The molecule has 0 radical (unpaired) electrons. The summed E-state index contributed by atoms with van der Waals surface area (Å²) in [5, 5.41) is 13.5. The van der Waals surface area contributed by atoms with Crippen LogP contribution in [0.25, 0.3) is 0 Å². The Morgan fingerprint density at radius 3 is 2.47 bits per heavy atom. The summed E-state index contributed by atoms with van der Waals surface area (Å²) in [4.78, 5) is 9.98. The zero-order valence-corrected chi connectivity index (χ0v) is 9.72. The van der Waals surface area contributed by atoms with Gasteiger partial charge in [-0.1, -0.05) is 0 Å². The number of ether oxygens (including phenoxy) is 2. The molecule has 1 N–H and O–H groups in total. The molecule has 0 aliphatic carbocycles. The summed E-state index contributed by atoms with van der Waals surface area (Å²) in [6, 6.07) is 6.03. The van der Waals surface area contributed by atoms with E-state index >= 15 is 0 Å². The Kier molecular flexibility index (Phi) is 5.98. The predicted molar refractivity (Wildman–Crippen MR) is 63.3 cm³/mol. The molecule has 0 spiro atoms.